The number of carbonyl (C=O) groups is 1. The molecule has 2 rings (SSSR count). The summed E-state index contributed by atoms with van der Waals surface area (Å²) >= 11 is 0. The van der Waals surface area contributed by atoms with Gasteiger partial charge in [-0.15, -0.1) is 0 Å². The third-order valence-electron chi connectivity index (χ3n) is 2.94. The van der Waals surface area contributed by atoms with Crippen LogP contribution in [0, 0.1) is 5.92 Å². The summed E-state index contributed by atoms with van der Waals surface area (Å²) < 4.78 is 10.3. The van der Waals surface area contributed by atoms with E-state index in [1.807, 2.05) is 58.9 Å². The number of amides is 1. The molecule has 0 spiro atoms. The number of alkyl halides is 1. The van der Waals surface area contributed by atoms with Gasteiger partial charge in [-0.1, -0.05) is 46.8 Å². The van der Waals surface area contributed by atoms with Crippen LogP contribution in [-0.2, 0) is 4.79 Å². The van der Waals surface area contributed by atoms with E-state index in [-0.39, 0.29) is 18.5 Å². The predicted octanol–water partition coefficient (Wildman–Crippen LogP) is 3.20. The van der Waals surface area contributed by atoms with Crippen molar-refractivity contribution in [1.82, 2.24) is 15.2 Å². The highest BCUT2D eigenvalue weighted by Crippen LogP contribution is 2.09. The van der Waals surface area contributed by atoms with Crippen molar-refractivity contribution in [2.24, 2.45) is 11.7 Å². The molecular formula is C20H33FN4O. The van der Waals surface area contributed by atoms with Crippen LogP contribution in [0.15, 0.2) is 24.5 Å². The van der Waals surface area contributed by atoms with Crippen molar-refractivity contribution >= 4 is 18.1 Å². The number of nitrogens with two attached hydrogens (primary N) is 1. The molecule has 1 amide bonds. The zero-order valence-electron chi connectivity index (χ0n) is 17.0. The molecule has 2 aromatic heterocycles. The molecule has 0 saturated carbocycles. The van der Waals surface area contributed by atoms with Crippen LogP contribution < -0.4 is 16.3 Å². The van der Waals surface area contributed by atoms with Gasteiger partial charge in [0, 0.05) is 23.2 Å². The third kappa shape index (κ3) is 8.55. The first-order valence-corrected chi connectivity index (χ1v) is 9.03. The average molecular weight is 365 g/mol. The van der Waals surface area contributed by atoms with E-state index in [1.165, 1.54) is 6.92 Å². The van der Waals surface area contributed by atoms with Crippen LogP contribution >= 0.6 is 0 Å². The molecule has 0 aliphatic rings. The second kappa shape index (κ2) is 16.0. The molecule has 3 N–H and O–H groups in total. The highest BCUT2D eigenvalue weighted by atomic mass is 19.1. The summed E-state index contributed by atoms with van der Waals surface area (Å²) in [4.78, 5) is 15.2. The van der Waals surface area contributed by atoms with E-state index in [9.17, 15) is 9.18 Å². The molecule has 0 aromatic carbocycles. The maximum absolute atomic E-state index is 11.2. The van der Waals surface area contributed by atoms with E-state index in [2.05, 4.69) is 15.2 Å². The number of H-pyrrole nitrogens is 1. The first-order chi connectivity index (χ1) is 12.5. The molecule has 5 nitrogen and oxygen atoms in total. The SMILES string of the molecule is C/C=c1/[nH]nc(-c2ccncc2)/c1=C/C(C)C(N)=O.CC.CC.CCF. The highest BCUT2D eigenvalue weighted by Gasteiger charge is 2.09. The van der Waals surface area contributed by atoms with Crippen molar-refractivity contribution in [3.8, 4) is 11.3 Å². The Morgan fingerprint density at radius 1 is 1.27 bits per heavy atom. The van der Waals surface area contributed by atoms with Crippen molar-refractivity contribution in [1.29, 1.82) is 0 Å². The monoisotopic (exact) mass is 364 g/mol. The second-order valence-electron chi connectivity index (χ2n) is 4.55. The number of pyridine rings is 1. The lowest BCUT2D eigenvalue weighted by Crippen LogP contribution is -2.28. The minimum atomic E-state index is -0.357. The van der Waals surface area contributed by atoms with Crippen molar-refractivity contribution < 1.29 is 9.18 Å². The number of primary amides is 1. The Morgan fingerprint density at radius 3 is 2.19 bits per heavy atom. The maximum atomic E-state index is 11.2. The first kappa shape index (κ1) is 25.7. The normalized spacial score (nSPS) is 11.8. The van der Waals surface area contributed by atoms with E-state index < -0.39 is 0 Å². The molecule has 0 fully saturated rings. The van der Waals surface area contributed by atoms with Gasteiger partial charge in [0.15, 0.2) is 0 Å². The molecule has 0 radical (unpaired) electrons. The molecule has 0 aliphatic carbocycles. The largest absolute Gasteiger partial charge is 0.369 e. The molecule has 26 heavy (non-hydrogen) atoms. The number of rotatable bonds is 3. The molecule has 1 unspecified atom stereocenters. The number of carbonyl (C=O) groups excluding carboxylic acids is 1. The Hall–Kier alpha value is -2.50. The lowest BCUT2D eigenvalue weighted by atomic mass is 10.1. The maximum Gasteiger partial charge on any atom is 0.224 e. The minimum absolute atomic E-state index is 0.250. The molecule has 6 heteroatoms. The zero-order valence-corrected chi connectivity index (χ0v) is 17.0. The molecular weight excluding hydrogens is 331 g/mol. The molecule has 1 atom stereocenters. The van der Waals surface area contributed by atoms with E-state index in [0.717, 1.165) is 21.8 Å². The van der Waals surface area contributed by atoms with E-state index in [0.29, 0.717) is 0 Å². The van der Waals surface area contributed by atoms with Crippen LogP contribution in [0.3, 0.4) is 0 Å². The van der Waals surface area contributed by atoms with Crippen molar-refractivity contribution in [3.63, 3.8) is 0 Å². The smallest absolute Gasteiger partial charge is 0.224 e. The van der Waals surface area contributed by atoms with E-state index in [4.69, 9.17) is 5.73 Å². The summed E-state index contributed by atoms with van der Waals surface area (Å²) in [5.74, 6) is -0.708. The highest BCUT2D eigenvalue weighted by molar-refractivity contribution is 5.82. The number of hydrogen-bond donors (Lipinski definition) is 2. The summed E-state index contributed by atoms with van der Waals surface area (Å²) in [7, 11) is 0. The summed E-state index contributed by atoms with van der Waals surface area (Å²) in [6.45, 7) is 12.9. The topological polar surface area (TPSA) is 84.7 Å². The molecule has 0 aliphatic heterocycles. The summed E-state index contributed by atoms with van der Waals surface area (Å²) in [6, 6.07) is 3.75. The Labute approximate surface area is 156 Å². The van der Waals surface area contributed by atoms with Gasteiger partial charge in [-0.05, 0) is 26.0 Å². The van der Waals surface area contributed by atoms with E-state index in [1.54, 1.807) is 19.3 Å². The van der Waals surface area contributed by atoms with Crippen molar-refractivity contribution in [2.45, 2.75) is 48.5 Å². The van der Waals surface area contributed by atoms with Gasteiger partial charge < -0.3 is 5.73 Å². The van der Waals surface area contributed by atoms with Crippen molar-refractivity contribution in [2.75, 3.05) is 6.67 Å². The van der Waals surface area contributed by atoms with E-state index >= 15 is 0 Å². The van der Waals surface area contributed by atoms with Gasteiger partial charge in [-0.3, -0.25) is 19.3 Å². The van der Waals surface area contributed by atoms with Gasteiger partial charge in [0.2, 0.25) is 5.91 Å². The average Bonchev–Trinajstić information content (AvgIpc) is 3.09. The van der Waals surface area contributed by atoms with Crippen LogP contribution in [0.2, 0.25) is 0 Å². The van der Waals surface area contributed by atoms with Crippen LogP contribution in [0.4, 0.5) is 4.39 Å². The number of aromatic nitrogens is 3. The van der Waals surface area contributed by atoms with Gasteiger partial charge in [0.05, 0.1) is 23.6 Å². The zero-order chi connectivity index (χ0) is 20.5. The van der Waals surface area contributed by atoms with Crippen LogP contribution in [-0.4, -0.2) is 27.8 Å². The van der Waals surface area contributed by atoms with Gasteiger partial charge in [0.25, 0.3) is 0 Å². The number of halogens is 1. The first-order valence-electron chi connectivity index (χ1n) is 9.03. The third-order valence-corrected chi connectivity index (χ3v) is 2.94. The lowest BCUT2D eigenvalue weighted by molar-refractivity contribution is -0.119. The summed E-state index contributed by atoms with van der Waals surface area (Å²) in [5.41, 5.74) is 7.05. The van der Waals surface area contributed by atoms with Gasteiger partial charge in [0.1, 0.15) is 0 Å². The summed E-state index contributed by atoms with van der Waals surface area (Å²) in [6.07, 6.45) is 7.16. The number of nitrogens with zero attached hydrogens (tertiary/aromatic N) is 2. The van der Waals surface area contributed by atoms with Gasteiger partial charge in [-0.2, -0.15) is 5.10 Å². The summed E-state index contributed by atoms with van der Waals surface area (Å²) in [5, 5.41) is 9.02. The molecule has 2 aromatic rings. The predicted molar refractivity (Wildman–Crippen MR) is 108 cm³/mol. The minimum Gasteiger partial charge on any atom is -0.369 e. The fourth-order valence-electron chi connectivity index (χ4n) is 1.81. The number of hydrogen-bond acceptors (Lipinski definition) is 3. The molecule has 2 heterocycles. The Kier molecular flexibility index (Phi) is 15.8. The van der Waals surface area contributed by atoms with Crippen molar-refractivity contribution in [3.05, 3.63) is 35.1 Å². The molecule has 0 saturated heterocycles. The Morgan fingerprint density at radius 2 is 1.77 bits per heavy atom. The van der Waals surface area contributed by atoms with Gasteiger partial charge >= 0.3 is 0 Å². The molecule has 146 valence electrons. The number of aromatic amines is 1. The standard InChI is InChI=1S/C14H16N4O.C2H5F.2C2H6/c1-3-12-11(8-9(2)14(15)19)13(18-17-12)10-4-6-16-7-5-10;1-2-3;2*1-2/h3-9,17H,1-2H3,(H2,15,19);2H2,1H3;2*1-2H3/b11-8+,12-3+;;;. The Bertz CT molecular complexity index is 711. The fourth-order valence-corrected chi connectivity index (χ4v) is 1.81. The Balaban J connectivity index is 0. The second-order valence-corrected chi connectivity index (χ2v) is 4.55. The van der Waals surface area contributed by atoms with Crippen LogP contribution in [0.1, 0.15) is 48.5 Å². The van der Waals surface area contributed by atoms with Gasteiger partial charge in [-0.25, -0.2) is 0 Å². The molecule has 0 bridgehead atoms. The quantitative estimate of drug-likeness (QED) is 0.877. The lowest BCUT2D eigenvalue weighted by Gasteiger charge is -1.99. The number of nitrogens with one attached hydrogen (secondary N) is 1. The van der Waals surface area contributed by atoms with Crippen LogP contribution in [0.25, 0.3) is 23.4 Å². The van der Waals surface area contributed by atoms with Crippen LogP contribution in [0.5, 0.6) is 0 Å². The fraction of sp³-hybridized carbons (Fsp3) is 0.450.